The van der Waals surface area contributed by atoms with Gasteiger partial charge in [-0.25, -0.2) is 4.79 Å². The molecule has 0 fully saturated rings. The van der Waals surface area contributed by atoms with Crippen LogP contribution in [-0.2, 0) is 6.61 Å². The first-order valence-electron chi connectivity index (χ1n) is 6.35. The second-order valence-corrected chi connectivity index (χ2v) is 4.88. The van der Waals surface area contributed by atoms with E-state index in [2.05, 4.69) is 24.0 Å². The molecule has 0 aliphatic rings. The Hall–Kier alpha value is -2.36. The fourth-order valence-electron chi connectivity index (χ4n) is 2.21. The number of hydrogen-bond acceptors (Lipinski definition) is 3. The average Bonchev–Trinajstić information content (AvgIpc) is 2.37. The van der Waals surface area contributed by atoms with Gasteiger partial charge in [-0.05, 0) is 43.5 Å². The van der Waals surface area contributed by atoms with Gasteiger partial charge in [-0.3, -0.25) is 4.98 Å². The van der Waals surface area contributed by atoms with E-state index in [1.54, 1.807) is 0 Å². The lowest BCUT2D eigenvalue weighted by Crippen LogP contribution is -2.03. The molecule has 4 nitrogen and oxygen atoms in total. The van der Waals surface area contributed by atoms with Crippen molar-refractivity contribution in [2.24, 2.45) is 0 Å². The number of carbonyl (C=O) groups is 1. The summed E-state index contributed by atoms with van der Waals surface area (Å²) >= 11 is 0. The van der Waals surface area contributed by atoms with Gasteiger partial charge in [0.25, 0.3) is 0 Å². The van der Waals surface area contributed by atoms with Gasteiger partial charge in [0, 0.05) is 6.20 Å². The van der Waals surface area contributed by atoms with Gasteiger partial charge < -0.3 is 9.84 Å². The summed E-state index contributed by atoms with van der Waals surface area (Å²) in [5.41, 5.74) is 4.81. The number of pyridine rings is 1. The van der Waals surface area contributed by atoms with Gasteiger partial charge in [-0.1, -0.05) is 17.7 Å². The summed E-state index contributed by atoms with van der Waals surface area (Å²) in [5.74, 6) is -0.546. The van der Waals surface area contributed by atoms with Crippen LogP contribution in [0, 0.1) is 20.8 Å². The van der Waals surface area contributed by atoms with Crippen molar-refractivity contribution in [2.45, 2.75) is 27.4 Å². The zero-order valence-electron chi connectivity index (χ0n) is 11.8. The highest BCUT2D eigenvalue weighted by Crippen LogP contribution is 2.19. The molecule has 104 valence electrons. The molecule has 0 radical (unpaired) electrons. The minimum atomic E-state index is -1.01. The van der Waals surface area contributed by atoms with Gasteiger partial charge in [0.05, 0.1) is 11.8 Å². The quantitative estimate of drug-likeness (QED) is 0.927. The van der Waals surface area contributed by atoms with Crippen molar-refractivity contribution in [1.29, 1.82) is 0 Å². The Kier molecular flexibility index (Phi) is 4.03. The third-order valence-electron chi connectivity index (χ3n) is 3.18. The first-order chi connectivity index (χ1) is 9.47. The fraction of sp³-hybridized carbons (Fsp3) is 0.250. The van der Waals surface area contributed by atoms with Crippen molar-refractivity contribution >= 4 is 5.97 Å². The fourth-order valence-corrected chi connectivity index (χ4v) is 2.21. The number of carboxylic acid groups (broad SMARTS) is 1. The van der Waals surface area contributed by atoms with Gasteiger partial charge in [-0.15, -0.1) is 0 Å². The number of aromatic nitrogens is 1. The number of aromatic carboxylic acids is 1. The average molecular weight is 271 g/mol. The van der Waals surface area contributed by atoms with Crippen LogP contribution >= 0.6 is 0 Å². The van der Waals surface area contributed by atoms with E-state index in [1.807, 2.05) is 13.8 Å². The van der Waals surface area contributed by atoms with Crippen LogP contribution < -0.4 is 4.74 Å². The molecule has 1 heterocycles. The van der Waals surface area contributed by atoms with E-state index < -0.39 is 5.97 Å². The summed E-state index contributed by atoms with van der Waals surface area (Å²) in [6.07, 6.45) is 2.82. The monoisotopic (exact) mass is 271 g/mol. The third-order valence-corrected chi connectivity index (χ3v) is 3.18. The molecule has 0 amide bonds. The third kappa shape index (κ3) is 3.15. The van der Waals surface area contributed by atoms with Crippen molar-refractivity contribution in [2.75, 3.05) is 0 Å². The van der Waals surface area contributed by atoms with Crippen LogP contribution in [0.1, 0.15) is 32.6 Å². The minimum absolute atomic E-state index is 0.125. The number of hydrogen-bond donors (Lipinski definition) is 1. The summed E-state index contributed by atoms with van der Waals surface area (Å²) in [7, 11) is 0. The van der Waals surface area contributed by atoms with Gasteiger partial charge in [-0.2, -0.15) is 0 Å². The van der Waals surface area contributed by atoms with E-state index in [0.717, 1.165) is 5.56 Å². The lowest BCUT2D eigenvalue weighted by molar-refractivity contribution is 0.0696. The number of aryl methyl sites for hydroxylation is 3. The Morgan fingerprint density at radius 3 is 2.40 bits per heavy atom. The van der Waals surface area contributed by atoms with Crippen molar-refractivity contribution in [3.63, 3.8) is 0 Å². The maximum atomic E-state index is 10.9. The number of benzene rings is 1. The van der Waals surface area contributed by atoms with E-state index in [4.69, 9.17) is 9.84 Å². The van der Waals surface area contributed by atoms with Crippen molar-refractivity contribution < 1.29 is 14.6 Å². The molecule has 0 aliphatic heterocycles. The highest BCUT2D eigenvalue weighted by molar-refractivity contribution is 5.87. The van der Waals surface area contributed by atoms with Crippen molar-refractivity contribution in [1.82, 2.24) is 4.98 Å². The molecule has 4 heteroatoms. The summed E-state index contributed by atoms with van der Waals surface area (Å²) in [5, 5.41) is 8.92. The molecule has 0 saturated heterocycles. The maximum absolute atomic E-state index is 10.9. The molecule has 0 unspecified atom stereocenters. The lowest BCUT2D eigenvalue weighted by Gasteiger charge is -2.12. The SMILES string of the molecule is Cc1cc(C)c(COc2cncc(C(=O)O)c2)c(C)c1. The maximum Gasteiger partial charge on any atom is 0.337 e. The molecular weight excluding hydrogens is 254 g/mol. The predicted molar refractivity (Wildman–Crippen MR) is 76.2 cm³/mol. The number of rotatable bonds is 4. The van der Waals surface area contributed by atoms with Crippen LogP contribution in [0.25, 0.3) is 0 Å². The van der Waals surface area contributed by atoms with Crippen LogP contribution in [-0.4, -0.2) is 16.1 Å². The number of carboxylic acids is 1. The highest BCUT2D eigenvalue weighted by atomic mass is 16.5. The Morgan fingerprint density at radius 1 is 1.15 bits per heavy atom. The van der Waals surface area contributed by atoms with Crippen LogP contribution in [0.3, 0.4) is 0 Å². The summed E-state index contributed by atoms with van der Waals surface area (Å²) in [4.78, 5) is 14.7. The Bertz CT molecular complexity index is 627. The van der Waals surface area contributed by atoms with Gasteiger partial charge in [0.15, 0.2) is 0 Å². The normalized spacial score (nSPS) is 10.3. The molecule has 0 bridgehead atoms. The zero-order chi connectivity index (χ0) is 14.7. The molecule has 1 aromatic heterocycles. The molecule has 1 N–H and O–H groups in total. The zero-order valence-corrected chi connectivity index (χ0v) is 11.8. The lowest BCUT2D eigenvalue weighted by atomic mass is 10.0. The molecule has 0 atom stereocenters. The molecule has 0 spiro atoms. The summed E-state index contributed by atoms with van der Waals surface area (Å²) in [6, 6.07) is 5.70. The Labute approximate surface area is 118 Å². The molecule has 0 saturated carbocycles. The van der Waals surface area contributed by atoms with Crippen molar-refractivity contribution in [3.8, 4) is 5.75 Å². The molecule has 0 aliphatic carbocycles. The highest BCUT2D eigenvalue weighted by Gasteiger charge is 2.07. The Morgan fingerprint density at radius 2 is 1.80 bits per heavy atom. The van der Waals surface area contributed by atoms with Gasteiger partial charge >= 0.3 is 5.97 Å². The summed E-state index contributed by atoms with van der Waals surface area (Å²) < 4.78 is 5.66. The Balaban J connectivity index is 2.17. The minimum Gasteiger partial charge on any atom is -0.487 e. The van der Waals surface area contributed by atoms with Crippen LogP contribution in [0.5, 0.6) is 5.75 Å². The number of nitrogens with zero attached hydrogens (tertiary/aromatic N) is 1. The van der Waals surface area contributed by atoms with Gasteiger partial charge in [0.2, 0.25) is 0 Å². The van der Waals surface area contributed by atoms with Crippen molar-refractivity contribution in [3.05, 3.63) is 58.4 Å². The molecular formula is C16H17NO3. The van der Waals surface area contributed by atoms with Crippen LogP contribution in [0.15, 0.2) is 30.6 Å². The van der Waals surface area contributed by atoms with E-state index in [-0.39, 0.29) is 5.56 Å². The predicted octanol–water partition coefficient (Wildman–Crippen LogP) is 3.28. The standard InChI is InChI=1S/C16H17NO3/c1-10-4-11(2)15(12(3)5-10)9-20-14-6-13(16(18)19)7-17-8-14/h4-8H,9H2,1-3H3,(H,18,19). The van der Waals surface area contributed by atoms with Crippen LogP contribution in [0.2, 0.25) is 0 Å². The molecule has 1 aromatic carbocycles. The largest absolute Gasteiger partial charge is 0.487 e. The first-order valence-corrected chi connectivity index (χ1v) is 6.35. The van der Waals surface area contributed by atoms with Gasteiger partial charge in [0.1, 0.15) is 12.4 Å². The van der Waals surface area contributed by atoms with E-state index >= 15 is 0 Å². The first kappa shape index (κ1) is 14.1. The number of ether oxygens (including phenoxy) is 1. The second-order valence-electron chi connectivity index (χ2n) is 4.88. The topological polar surface area (TPSA) is 59.4 Å². The van der Waals surface area contributed by atoms with E-state index in [9.17, 15) is 4.79 Å². The smallest absolute Gasteiger partial charge is 0.337 e. The summed E-state index contributed by atoms with van der Waals surface area (Å²) in [6.45, 7) is 6.56. The van der Waals surface area contributed by atoms with E-state index in [1.165, 1.54) is 35.2 Å². The second kappa shape index (κ2) is 5.74. The molecule has 2 aromatic rings. The van der Waals surface area contributed by atoms with Crippen LogP contribution in [0.4, 0.5) is 0 Å². The molecule has 20 heavy (non-hydrogen) atoms. The molecule has 2 rings (SSSR count). The van der Waals surface area contributed by atoms with E-state index in [0.29, 0.717) is 12.4 Å².